The normalized spacial score (nSPS) is 19.6. The molecule has 0 saturated carbocycles. The Morgan fingerprint density at radius 3 is 2.74 bits per heavy atom. The second-order valence-electron chi connectivity index (χ2n) is 7.59. The zero-order chi connectivity index (χ0) is 24.3. The lowest BCUT2D eigenvalue weighted by atomic mass is 10.0. The molecule has 0 amide bonds. The third kappa shape index (κ3) is 4.12. The molecular formula is C26H20ClN3O3S. The maximum absolute atomic E-state index is 13.1. The molecule has 6 nitrogen and oxygen atoms in total. The Bertz CT molecular complexity index is 1460. The van der Waals surface area contributed by atoms with Gasteiger partial charge in [0, 0.05) is 17.1 Å². The van der Waals surface area contributed by atoms with Crippen molar-refractivity contribution in [1.29, 1.82) is 5.26 Å². The van der Waals surface area contributed by atoms with E-state index in [4.69, 9.17) is 22.9 Å². The van der Waals surface area contributed by atoms with Crippen molar-refractivity contribution in [3.05, 3.63) is 105 Å². The molecule has 0 saturated heterocycles. The van der Waals surface area contributed by atoms with Gasteiger partial charge in [-0.2, -0.15) is 0 Å². The second-order valence-corrected chi connectivity index (χ2v) is 9.91. The van der Waals surface area contributed by atoms with E-state index in [1.807, 2.05) is 23.1 Å². The summed E-state index contributed by atoms with van der Waals surface area (Å²) in [4.78, 5) is 5.31. The van der Waals surface area contributed by atoms with Crippen LogP contribution >= 0.6 is 11.6 Å². The largest absolute Gasteiger partial charge is 0.439 e. The molecule has 0 atom stereocenters. The van der Waals surface area contributed by atoms with E-state index in [-0.39, 0.29) is 21.1 Å². The Morgan fingerprint density at radius 1 is 1.24 bits per heavy atom. The molecule has 2 aliphatic rings. The fourth-order valence-corrected chi connectivity index (χ4v) is 5.73. The van der Waals surface area contributed by atoms with Crippen LogP contribution < -0.4 is 9.64 Å². The summed E-state index contributed by atoms with van der Waals surface area (Å²) in [5, 5.41) is 10.0. The van der Waals surface area contributed by atoms with E-state index in [0.717, 1.165) is 25.1 Å². The average Bonchev–Trinajstić information content (AvgIpc) is 3.28. The van der Waals surface area contributed by atoms with Crippen LogP contribution in [0.15, 0.2) is 88.1 Å². The molecule has 0 radical (unpaired) electrons. The van der Waals surface area contributed by atoms with Crippen LogP contribution in [0.3, 0.4) is 0 Å². The second kappa shape index (κ2) is 9.61. The number of nitrogens with zero attached hydrogens (tertiary/aromatic N) is 3. The summed E-state index contributed by atoms with van der Waals surface area (Å²) in [7, 11) is -3.85. The fraction of sp³-hybridized carbons (Fsp3) is 0.154. The Kier molecular flexibility index (Phi) is 6.61. The highest BCUT2D eigenvalue weighted by atomic mass is 35.5. The number of benzene rings is 2. The van der Waals surface area contributed by atoms with Crippen LogP contribution in [0, 0.1) is 17.9 Å². The van der Waals surface area contributed by atoms with Crippen molar-refractivity contribution >= 4 is 32.7 Å². The molecule has 0 bridgehead atoms. The molecule has 2 aromatic rings. The minimum Gasteiger partial charge on any atom is -0.439 e. The van der Waals surface area contributed by atoms with E-state index in [0.29, 0.717) is 22.2 Å². The number of anilines is 1. The molecule has 2 heterocycles. The van der Waals surface area contributed by atoms with Gasteiger partial charge in [0.25, 0.3) is 5.70 Å². The van der Waals surface area contributed by atoms with Crippen LogP contribution in [0.4, 0.5) is 5.69 Å². The summed E-state index contributed by atoms with van der Waals surface area (Å²) >= 11 is 6.17. The number of fused-ring (bicyclic) bond motifs is 2. The van der Waals surface area contributed by atoms with Crippen molar-refractivity contribution in [2.45, 2.75) is 24.7 Å². The number of hydrogen-bond donors (Lipinski definition) is 0. The van der Waals surface area contributed by atoms with Crippen LogP contribution in [0.2, 0.25) is 5.02 Å². The van der Waals surface area contributed by atoms with E-state index in [1.165, 1.54) is 12.1 Å². The number of hydrogen-bond acceptors (Lipinski definition) is 5. The van der Waals surface area contributed by atoms with Crippen LogP contribution in [0.1, 0.15) is 25.3 Å². The number of halogens is 1. The minimum absolute atomic E-state index is 0.0684. The van der Waals surface area contributed by atoms with Crippen LogP contribution in [0.25, 0.3) is 10.4 Å². The summed E-state index contributed by atoms with van der Waals surface area (Å²) in [6.07, 6.45) is 8.38. The Balaban J connectivity index is 1.71. The number of allylic oxidation sites excluding steroid dienone is 6. The molecule has 8 heteroatoms. The number of unbranched alkanes of at least 4 members (excludes halogenated alkanes) is 1. The summed E-state index contributed by atoms with van der Waals surface area (Å²) in [6.45, 7) is 10.2. The van der Waals surface area contributed by atoms with Gasteiger partial charge < -0.3 is 9.64 Å². The molecule has 0 spiro atoms. The van der Waals surface area contributed by atoms with E-state index in [2.05, 4.69) is 11.8 Å². The van der Waals surface area contributed by atoms with Crippen molar-refractivity contribution in [1.82, 2.24) is 0 Å². The first-order valence-electron chi connectivity index (χ1n) is 10.6. The highest BCUT2D eigenvalue weighted by Crippen LogP contribution is 2.45. The minimum atomic E-state index is -3.85. The molecule has 0 aromatic heterocycles. The molecule has 2 aliphatic heterocycles. The third-order valence-corrected chi connectivity index (χ3v) is 7.55. The van der Waals surface area contributed by atoms with E-state index in [1.54, 1.807) is 42.5 Å². The third-order valence-electron chi connectivity index (χ3n) is 5.46. The SMILES string of the molecule is [C-]#[N+]C(C#N)=C1C(=C/C=C/C=C2\Oc3ccc(Cl)cc3N2CCCC)S(=O)(=O)c2ccccc21. The van der Waals surface area contributed by atoms with Crippen molar-refractivity contribution in [2.24, 2.45) is 0 Å². The van der Waals surface area contributed by atoms with Gasteiger partial charge in [0.15, 0.2) is 5.75 Å². The Labute approximate surface area is 204 Å². The van der Waals surface area contributed by atoms with Crippen molar-refractivity contribution in [3.8, 4) is 11.8 Å². The highest BCUT2D eigenvalue weighted by molar-refractivity contribution is 7.96. The zero-order valence-corrected chi connectivity index (χ0v) is 19.9. The van der Waals surface area contributed by atoms with Crippen LogP contribution in [-0.2, 0) is 9.84 Å². The predicted octanol–water partition coefficient (Wildman–Crippen LogP) is 6.26. The van der Waals surface area contributed by atoms with Gasteiger partial charge in [-0.25, -0.2) is 18.5 Å². The van der Waals surface area contributed by atoms with Gasteiger partial charge in [-0.1, -0.05) is 55.3 Å². The number of ether oxygens (including phenoxy) is 1. The summed E-state index contributed by atoms with van der Waals surface area (Å²) in [6, 6.07) is 13.7. The lowest BCUT2D eigenvalue weighted by molar-refractivity contribution is 0.437. The smallest absolute Gasteiger partial charge is 0.270 e. The number of rotatable bonds is 5. The number of sulfone groups is 1. The lowest BCUT2D eigenvalue weighted by Gasteiger charge is -2.17. The zero-order valence-electron chi connectivity index (χ0n) is 18.3. The average molecular weight is 490 g/mol. The molecule has 0 aliphatic carbocycles. The van der Waals surface area contributed by atoms with Gasteiger partial charge in [-0.05, 0) is 48.4 Å². The topological polar surface area (TPSA) is 74.8 Å². The fourth-order valence-electron chi connectivity index (χ4n) is 3.87. The molecule has 0 fully saturated rings. The molecule has 34 heavy (non-hydrogen) atoms. The summed E-state index contributed by atoms with van der Waals surface area (Å²) in [5.41, 5.74) is 1.12. The predicted molar refractivity (Wildman–Crippen MR) is 132 cm³/mol. The number of nitriles is 1. The summed E-state index contributed by atoms with van der Waals surface area (Å²) < 4.78 is 32.2. The first-order valence-corrected chi connectivity index (χ1v) is 12.5. The maximum atomic E-state index is 13.1. The van der Waals surface area contributed by atoms with Gasteiger partial charge >= 0.3 is 0 Å². The van der Waals surface area contributed by atoms with Gasteiger partial charge in [0.1, 0.15) is 0 Å². The van der Waals surface area contributed by atoms with Gasteiger partial charge in [-0.3, -0.25) is 0 Å². The lowest BCUT2D eigenvalue weighted by Crippen LogP contribution is -2.21. The maximum Gasteiger partial charge on any atom is 0.270 e. The van der Waals surface area contributed by atoms with Crippen molar-refractivity contribution in [3.63, 3.8) is 0 Å². The van der Waals surface area contributed by atoms with Crippen molar-refractivity contribution in [2.75, 3.05) is 11.4 Å². The van der Waals surface area contributed by atoms with E-state index < -0.39 is 9.84 Å². The first-order chi connectivity index (χ1) is 16.4. The van der Waals surface area contributed by atoms with Gasteiger partial charge in [0.2, 0.25) is 15.7 Å². The first kappa shape index (κ1) is 23.4. The molecular weight excluding hydrogens is 470 g/mol. The quantitative estimate of drug-likeness (QED) is 0.366. The van der Waals surface area contributed by atoms with E-state index in [9.17, 15) is 13.7 Å². The van der Waals surface area contributed by atoms with Crippen LogP contribution in [0.5, 0.6) is 5.75 Å². The molecule has 170 valence electrons. The van der Waals surface area contributed by atoms with Crippen molar-refractivity contribution < 1.29 is 13.2 Å². The highest BCUT2D eigenvalue weighted by Gasteiger charge is 2.37. The Hall–Kier alpha value is -3.78. The van der Waals surface area contributed by atoms with Gasteiger partial charge in [-0.15, -0.1) is 0 Å². The standard InChI is InChI=1S/C26H20ClN3O3S/c1-3-4-15-30-21-16-18(27)13-14-22(21)33-25(30)12-8-7-11-24-26(20(17-28)29-2)19-9-5-6-10-23(19)34(24,31)32/h5-14,16H,3-4,15H2,1H3/b8-7+,24-11?,25-12-,26-20?. The van der Waals surface area contributed by atoms with E-state index >= 15 is 0 Å². The molecule has 0 unspecified atom stereocenters. The summed E-state index contributed by atoms with van der Waals surface area (Å²) in [5.74, 6) is 1.31. The molecule has 0 N–H and O–H groups in total. The van der Waals surface area contributed by atoms with Crippen LogP contribution in [-0.4, -0.2) is 15.0 Å². The molecule has 4 rings (SSSR count). The van der Waals surface area contributed by atoms with Gasteiger partial charge in [0.05, 0.1) is 28.1 Å². The monoisotopic (exact) mass is 489 g/mol. The molecule has 2 aromatic carbocycles. The Morgan fingerprint density at radius 2 is 2.00 bits per heavy atom.